The fourth-order valence-corrected chi connectivity index (χ4v) is 0.923. The van der Waals surface area contributed by atoms with Crippen molar-refractivity contribution in [2.45, 2.75) is 6.92 Å². The molecule has 0 saturated carbocycles. The third-order valence-corrected chi connectivity index (χ3v) is 1.48. The summed E-state index contributed by atoms with van der Waals surface area (Å²) in [6.45, 7) is 2.04. The van der Waals surface area contributed by atoms with Crippen molar-refractivity contribution in [3.63, 3.8) is 0 Å². The largest absolute Gasteiger partial charge is 0.373 e. The first-order valence-corrected chi connectivity index (χ1v) is 3.60. The molecule has 2 N–H and O–H groups in total. The van der Waals surface area contributed by atoms with Crippen LogP contribution in [0.5, 0.6) is 0 Å². The molecule has 1 rings (SSSR count). The lowest BCUT2D eigenvalue weighted by Gasteiger charge is -2.04. The third-order valence-electron chi connectivity index (χ3n) is 1.48. The molecule has 0 atom stereocenters. The number of aryl methyl sites for hydroxylation is 1. The van der Waals surface area contributed by atoms with Crippen LogP contribution in [0, 0.1) is 6.92 Å². The van der Waals surface area contributed by atoms with E-state index in [1.54, 1.807) is 0 Å². The third kappa shape index (κ3) is 1.83. The van der Waals surface area contributed by atoms with Gasteiger partial charge < -0.3 is 10.6 Å². The summed E-state index contributed by atoms with van der Waals surface area (Å²) in [6.07, 6.45) is 0. The van der Waals surface area contributed by atoms with Gasteiger partial charge in [0.1, 0.15) is 11.6 Å². The summed E-state index contributed by atoms with van der Waals surface area (Å²) in [4.78, 5) is 4.25. The molecule has 1 aromatic rings. The van der Waals surface area contributed by atoms with Gasteiger partial charge in [-0.2, -0.15) is 0 Å². The molecule has 60 valence electrons. The monoisotopic (exact) mass is 151 g/mol. The van der Waals surface area contributed by atoms with Crippen molar-refractivity contribution in [1.82, 2.24) is 4.98 Å². The van der Waals surface area contributed by atoms with E-state index in [1.807, 2.05) is 33.2 Å². The molecule has 0 spiro atoms. The molecule has 1 aromatic heterocycles. The van der Waals surface area contributed by atoms with E-state index in [0.717, 1.165) is 11.6 Å². The molecule has 0 aromatic carbocycles. The summed E-state index contributed by atoms with van der Waals surface area (Å²) in [5.74, 6) is 1.80. The molecule has 0 aliphatic rings. The quantitative estimate of drug-likeness (QED) is 0.672. The van der Waals surface area contributed by atoms with E-state index in [0.29, 0.717) is 0 Å². The van der Waals surface area contributed by atoms with Gasteiger partial charge in [0.25, 0.3) is 0 Å². The number of rotatable bonds is 2. The van der Waals surface area contributed by atoms with Crippen molar-refractivity contribution >= 4 is 11.6 Å². The van der Waals surface area contributed by atoms with Crippen LogP contribution in [0.4, 0.5) is 11.6 Å². The van der Waals surface area contributed by atoms with Gasteiger partial charge in [0.2, 0.25) is 0 Å². The minimum absolute atomic E-state index is 0.898. The minimum Gasteiger partial charge on any atom is -0.373 e. The summed E-state index contributed by atoms with van der Waals surface area (Å²) < 4.78 is 0. The van der Waals surface area contributed by atoms with Crippen LogP contribution in [0.15, 0.2) is 12.1 Å². The van der Waals surface area contributed by atoms with E-state index in [2.05, 4.69) is 15.6 Å². The molecular weight excluding hydrogens is 138 g/mol. The van der Waals surface area contributed by atoms with Gasteiger partial charge in [-0.3, -0.25) is 0 Å². The predicted octanol–water partition coefficient (Wildman–Crippen LogP) is 1.47. The second-order valence-corrected chi connectivity index (χ2v) is 2.41. The Morgan fingerprint density at radius 1 is 1.09 bits per heavy atom. The zero-order valence-corrected chi connectivity index (χ0v) is 7.10. The van der Waals surface area contributed by atoms with Crippen LogP contribution in [0.1, 0.15) is 5.56 Å². The van der Waals surface area contributed by atoms with Crippen molar-refractivity contribution in [2.75, 3.05) is 24.7 Å². The fraction of sp³-hybridized carbons (Fsp3) is 0.375. The zero-order chi connectivity index (χ0) is 8.27. The Kier molecular flexibility index (Phi) is 2.31. The van der Waals surface area contributed by atoms with Gasteiger partial charge >= 0.3 is 0 Å². The molecule has 1 heterocycles. The van der Waals surface area contributed by atoms with E-state index in [4.69, 9.17) is 0 Å². The lowest BCUT2D eigenvalue weighted by atomic mass is 10.3. The highest BCUT2D eigenvalue weighted by atomic mass is 15.0. The maximum absolute atomic E-state index is 4.25. The van der Waals surface area contributed by atoms with Crippen LogP contribution in [-0.4, -0.2) is 19.1 Å². The smallest absolute Gasteiger partial charge is 0.128 e. The summed E-state index contributed by atoms with van der Waals surface area (Å²) in [5, 5.41) is 5.98. The highest BCUT2D eigenvalue weighted by molar-refractivity contribution is 5.47. The van der Waals surface area contributed by atoms with E-state index >= 15 is 0 Å². The molecule has 3 heteroatoms. The van der Waals surface area contributed by atoms with Crippen LogP contribution >= 0.6 is 0 Å². The number of pyridine rings is 1. The lowest BCUT2D eigenvalue weighted by Crippen LogP contribution is -1.97. The molecule has 0 bridgehead atoms. The van der Waals surface area contributed by atoms with Crippen molar-refractivity contribution in [3.05, 3.63) is 17.7 Å². The van der Waals surface area contributed by atoms with Crippen LogP contribution in [0.2, 0.25) is 0 Å². The molecule has 0 saturated heterocycles. The number of anilines is 2. The Morgan fingerprint density at radius 3 is 1.91 bits per heavy atom. The summed E-state index contributed by atoms with van der Waals surface area (Å²) >= 11 is 0. The second kappa shape index (κ2) is 3.23. The van der Waals surface area contributed by atoms with E-state index in [9.17, 15) is 0 Å². The number of hydrogen-bond acceptors (Lipinski definition) is 3. The average molecular weight is 151 g/mol. The van der Waals surface area contributed by atoms with Gasteiger partial charge in [-0.05, 0) is 24.6 Å². The van der Waals surface area contributed by atoms with Crippen LogP contribution in [0.3, 0.4) is 0 Å². The van der Waals surface area contributed by atoms with E-state index < -0.39 is 0 Å². The zero-order valence-electron chi connectivity index (χ0n) is 7.10. The first-order valence-electron chi connectivity index (χ1n) is 3.60. The van der Waals surface area contributed by atoms with Crippen LogP contribution in [0.25, 0.3) is 0 Å². The highest BCUT2D eigenvalue weighted by Gasteiger charge is 1.94. The van der Waals surface area contributed by atoms with E-state index in [-0.39, 0.29) is 0 Å². The second-order valence-electron chi connectivity index (χ2n) is 2.41. The van der Waals surface area contributed by atoms with Crippen LogP contribution in [-0.2, 0) is 0 Å². The molecule has 0 amide bonds. The molecule has 0 aliphatic heterocycles. The van der Waals surface area contributed by atoms with Crippen LogP contribution < -0.4 is 10.6 Å². The van der Waals surface area contributed by atoms with Gasteiger partial charge in [-0.1, -0.05) is 0 Å². The summed E-state index contributed by atoms with van der Waals surface area (Å²) in [7, 11) is 3.72. The number of aromatic nitrogens is 1. The van der Waals surface area contributed by atoms with Gasteiger partial charge in [0.05, 0.1) is 0 Å². The maximum Gasteiger partial charge on any atom is 0.128 e. The number of hydrogen-bond donors (Lipinski definition) is 2. The highest BCUT2D eigenvalue weighted by Crippen LogP contribution is 2.11. The summed E-state index contributed by atoms with van der Waals surface area (Å²) in [6, 6.07) is 4.00. The molecular formula is C8H13N3. The Bertz CT molecular complexity index is 223. The van der Waals surface area contributed by atoms with Gasteiger partial charge in [0, 0.05) is 14.1 Å². The Balaban J connectivity index is 3.02. The van der Waals surface area contributed by atoms with Crippen molar-refractivity contribution in [3.8, 4) is 0 Å². The lowest BCUT2D eigenvalue weighted by molar-refractivity contribution is 1.24. The molecule has 0 aliphatic carbocycles. The van der Waals surface area contributed by atoms with Crippen molar-refractivity contribution in [2.24, 2.45) is 0 Å². The van der Waals surface area contributed by atoms with Gasteiger partial charge in [-0.25, -0.2) is 4.98 Å². The molecule has 0 unspecified atom stereocenters. The predicted molar refractivity (Wildman–Crippen MR) is 48.1 cm³/mol. The Labute approximate surface area is 66.8 Å². The SMILES string of the molecule is CNc1cc(C)cc(NC)n1. The Morgan fingerprint density at radius 2 is 1.55 bits per heavy atom. The molecule has 11 heavy (non-hydrogen) atoms. The maximum atomic E-state index is 4.25. The minimum atomic E-state index is 0.898. The van der Waals surface area contributed by atoms with Gasteiger partial charge in [-0.15, -0.1) is 0 Å². The summed E-state index contributed by atoms with van der Waals surface area (Å²) in [5.41, 5.74) is 1.20. The molecule has 3 nitrogen and oxygen atoms in total. The van der Waals surface area contributed by atoms with Gasteiger partial charge in [0.15, 0.2) is 0 Å². The number of nitrogens with one attached hydrogen (secondary N) is 2. The standard InChI is InChI=1S/C8H13N3/c1-6-4-7(9-2)11-8(5-6)10-3/h4-5H,1-3H3,(H2,9,10,11). The van der Waals surface area contributed by atoms with E-state index in [1.165, 1.54) is 5.56 Å². The first kappa shape index (κ1) is 7.85. The number of nitrogens with zero attached hydrogens (tertiary/aromatic N) is 1. The fourth-order valence-electron chi connectivity index (χ4n) is 0.923. The van der Waals surface area contributed by atoms with Crippen molar-refractivity contribution in [1.29, 1.82) is 0 Å². The average Bonchev–Trinajstić information content (AvgIpc) is 2.03. The normalized spacial score (nSPS) is 9.36. The molecule has 0 fully saturated rings. The molecule has 0 radical (unpaired) electrons. The first-order chi connectivity index (χ1) is 5.26. The Hall–Kier alpha value is -1.25. The van der Waals surface area contributed by atoms with Crippen molar-refractivity contribution < 1.29 is 0 Å². The topological polar surface area (TPSA) is 37.0 Å².